The molecule has 0 aliphatic heterocycles. The Morgan fingerprint density at radius 1 is 1.40 bits per heavy atom. The molecule has 0 bridgehead atoms. The molecule has 2 rings (SSSR count). The quantitative estimate of drug-likeness (QED) is 0.813. The molecule has 0 saturated heterocycles. The van der Waals surface area contributed by atoms with E-state index in [1.807, 2.05) is 0 Å². The zero-order valence-corrected chi connectivity index (χ0v) is 11.7. The summed E-state index contributed by atoms with van der Waals surface area (Å²) < 4.78 is 6.20. The summed E-state index contributed by atoms with van der Waals surface area (Å²) in [6.45, 7) is 0.0815. The number of nitrogen functional groups attached to an aromatic ring is 1. The average molecular weight is 279 g/mol. The van der Waals surface area contributed by atoms with E-state index in [0.29, 0.717) is 11.4 Å². The van der Waals surface area contributed by atoms with Crippen LogP contribution in [0.15, 0.2) is 12.3 Å². The topological polar surface area (TPSA) is 86.3 Å². The number of aromatic nitrogens is 1. The summed E-state index contributed by atoms with van der Waals surface area (Å²) in [6, 6.07) is 1.77. The number of nitrogens with one attached hydrogen (secondary N) is 1. The van der Waals surface area contributed by atoms with Gasteiger partial charge in [0.15, 0.2) is 0 Å². The van der Waals surface area contributed by atoms with Crippen molar-refractivity contribution >= 4 is 17.6 Å². The van der Waals surface area contributed by atoms with E-state index >= 15 is 0 Å². The van der Waals surface area contributed by atoms with Crippen molar-refractivity contribution < 1.29 is 14.3 Å². The lowest BCUT2D eigenvalue weighted by atomic mass is 9.95. The number of anilines is 1. The minimum absolute atomic E-state index is 0.0815. The number of hydrogen-bond donors (Lipinski definition) is 2. The first-order valence-electron chi connectivity index (χ1n) is 6.93. The van der Waals surface area contributed by atoms with E-state index in [1.165, 1.54) is 24.2 Å². The summed E-state index contributed by atoms with van der Waals surface area (Å²) in [5.41, 5.74) is 6.41. The molecule has 1 aromatic rings. The second kappa shape index (κ2) is 6.45. The van der Waals surface area contributed by atoms with Crippen LogP contribution in [0, 0.1) is 0 Å². The minimum Gasteiger partial charge on any atom is -0.464 e. The van der Waals surface area contributed by atoms with Gasteiger partial charge >= 0.3 is 5.97 Å². The number of amides is 1. The predicted molar refractivity (Wildman–Crippen MR) is 75.2 cm³/mol. The van der Waals surface area contributed by atoms with Crippen molar-refractivity contribution in [3.05, 3.63) is 18.0 Å². The van der Waals surface area contributed by atoms with Gasteiger partial charge in [-0.1, -0.05) is 19.3 Å². The monoisotopic (exact) mass is 279 g/mol. The van der Waals surface area contributed by atoms with Gasteiger partial charge in [-0.05, 0) is 18.9 Å². The first-order valence-corrected chi connectivity index (χ1v) is 6.93. The molecule has 1 heterocycles. The molecule has 0 spiro atoms. The van der Waals surface area contributed by atoms with E-state index in [4.69, 9.17) is 5.73 Å². The molecular formula is C14H21N3O3. The normalized spacial score (nSPS) is 15.8. The van der Waals surface area contributed by atoms with Gasteiger partial charge in [0.1, 0.15) is 12.2 Å². The highest BCUT2D eigenvalue weighted by atomic mass is 16.5. The number of rotatable bonds is 4. The van der Waals surface area contributed by atoms with Crippen molar-refractivity contribution in [2.75, 3.05) is 12.8 Å². The van der Waals surface area contributed by atoms with Gasteiger partial charge in [0.25, 0.3) is 0 Å². The maximum atomic E-state index is 12.0. The lowest BCUT2D eigenvalue weighted by Crippen LogP contribution is -2.38. The molecule has 0 aromatic carbocycles. The molecule has 1 saturated carbocycles. The second-order valence-electron chi connectivity index (χ2n) is 5.18. The first-order chi connectivity index (χ1) is 9.60. The molecule has 1 aromatic heterocycles. The van der Waals surface area contributed by atoms with Gasteiger partial charge in [-0.3, -0.25) is 4.79 Å². The largest absolute Gasteiger partial charge is 0.464 e. The Kier molecular flexibility index (Phi) is 4.65. The van der Waals surface area contributed by atoms with Gasteiger partial charge in [-0.25, -0.2) is 4.79 Å². The SMILES string of the molecule is COC(=O)c1cc(N)cn1CC(=O)NC1CCCCC1. The van der Waals surface area contributed by atoms with Crippen LogP contribution in [-0.2, 0) is 16.1 Å². The van der Waals surface area contributed by atoms with Crippen LogP contribution in [0.3, 0.4) is 0 Å². The number of hydrogen-bond acceptors (Lipinski definition) is 4. The van der Waals surface area contributed by atoms with Crippen molar-refractivity contribution in [3.8, 4) is 0 Å². The van der Waals surface area contributed by atoms with Crippen LogP contribution in [-0.4, -0.2) is 29.6 Å². The van der Waals surface area contributed by atoms with Crippen LogP contribution < -0.4 is 11.1 Å². The molecule has 1 amide bonds. The number of ether oxygens (including phenoxy) is 1. The number of esters is 1. The van der Waals surface area contributed by atoms with Crippen LogP contribution >= 0.6 is 0 Å². The third-order valence-corrected chi connectivity index (χ3v) is 3.60. The molecule has 110 valence electrons. The zero-order valence-electron chi connectivity index (χ0n) is 11.7. The molecule has 6 heteroatoms. The molecular weight excluding hydrogens is 258 g/mol. The Morgan fingerprint density at radius 3 is 2.75 bits per heavy atom. The highest BCUT2D eigenvalue weighted by Gasteiger charge is 2.18. The number of nitrogens with two attached hydrogens (primary N) is 1. The highest BCUT2D eigenvalue weighted by Crippen LogP contribution is 2.17. The van der Waals surface area contributed by atoms with E-state index in [2.05, 4.69) is 10.1 Å². The maximum Gasteiger partial charge on any atom is 0.354 e. The molecule has 0 radical (unpaired) electrons. The highest BCUT2D eigenvalue weighted by molar-refractivity contribution is 5.89. The van der Waals surface area contributed by atoms with Crippen molar-refractivity contribution in [1.29, 1.82) is 0 Å². The Hall–Kier alpha value is -1.98. The Labute approximate surface area is 118 Å². The molecule has 1 fully saturated rings. The summed E-state index contributed by atoms with van der Waals surface area (Å²) in [6.07, 6.45) is 7.20. The van der Waals surface area contributed by atoms with Crippen molar-refractivity contribution in [1.82, 2.24) is 9.88 Å². The van der Waals surface area contributed by atoms with Crippen LogP contribution in [0.5, 0.6) is 0 Å². The van der Waals surface area contributed by atoms with Crippen LogP contribution in [0.1, 0.15) is 42.6 Å². The second-order valence-corrected chi connectivity index (χ2v) is 5.18. The van der Waals surface area contributed by atoms with Crippen LogP contribution in [0.2, 0.25) is 0 Å². The summed E-state index contributed by atoms with van der Waals surface area (Å²) in [7, 11) is 1.30. The van der Waals surface area contributed by atoms with Crippen molar-refractivity contribution in [3.63, 3.8) is 0 Å². The summed E-state index contributed by atoms with van der Waals surface area (Å²) in [5.74, 6) is -0.593. The molecule has 3 N–H and O–H groups in total. The van der Waals surface area contributed by atoms with Gasteiger partial charge < -0.3 is 20.4 Å². The smallest absolute Gasteiger partial charge is 0.354 e. The lowest BCUT2D eigenvalue weighted by molar-refractivity contribution is -0.122. The van der Waals surface area contributed by atoms with Gasteiger partial charge in [0.05, 0.1) is 12.8 Å². The molecule has 1 aliphatic rings. The Bertz CT molecular complexity index is 490. The van der Waals surface area contributed by atoms with Crippen molar-refractivity contribution in [2.24, 2.45) is 0 Å². The van der Waals surface area contributed by atoms with Gasteiger partial charge in [0.2, 0.25) is 5.91 Å². The average Bonchev–Trinajstić information content (AvgIpc) is 2.79. The van der Waals surface area contributed by atoms with E-state index in [0.717, 1.165) is 25.7 Å². The third kappa shape index (κ3) is 3.53. The van der Waals surface area contributed by atoms with Gasteiger partial charge in [-0.2, -0.15) is 0 Å². The summed E-state index contributed by atoms with van der Waals surface area (Å²) >= 11 is 0. The van der Waals surface area contributed by atoms with E-state index in [-0.39, 0.29) is 18.5 Å². The number of methoxy groups -OCH3 is 1. The summed E-state index contributed by atoms with van der Waals surface area (Å²) in [4.78, 5) is 23.6. The summed E-state index contributed by atoms with van der Waals surface area (Å²) in [5, 5.41) is 3.01. The predicted octanol–water partition coefficient (Wildman–Crippen LogP) is 1.31. The van der Waals surface area contributed by atoms with E-state index in [9.17, 15) is 9.59 Å². The van der Waals surface area contributed by atoms with E-state index < -0.39 is 5.97 Å². The number of nitrogens with zero attached hydrogens (tertiary/aromatic N) is 1. The van der Waals surface area contributed by atoms with E-state index in [1.54, 1.807) is 6.20 Å². The van der Waals surface area contributed by atoms with Crippen LogP contribution in [0.25, 0.3) is 0 Å². The fourth-order valence-corrected chi connectivity index (χ4v) is 2.61. The Morgan fingerprint density at radius 2 is 2.10 bits per heavy atom. The third-order valence-electron chi connectivity index (χ3n) is 3.60. The first kappa shape index (κ1) is 14.4. The van der Waals surface area contributed by atoms with Crippen molar-refractivity contribution in [2.45, 2.75) is 44.7 Å². The number of carbonyl (C=O) groups is 2. The molecule has 0 atom stereocenters. The molecule has 20 heavy (non-hydrogen) atoms. The van der Waals surface area contributed by atoms with Gasteiger partial charge in [0, 0.05) is 12.2 Å². The fraction of sp³-hybridized carbons (Fsp3) is 0.571. The standard InChI is InChI=1S/C14H21N3O3/c1-20-14(19)12-7-10(15)8-17(12)9-13(18)16-11-5-3-2-4-6-11/h7-8,11H,2-6,9,15H2,1H3,(H,16,18). The van der Waals surface area contributed by atoms with Gasteiger partial charge in [-0.15, -0.1) is 0 Å². The fourth-order valence-electron chi connectivity index (χ4n) is 2.61. The zero-order chi connectivity index (χ0) is 14.5. The minimum atomic E-state index is -0.493. The molecule has 0 unspecified atom stereocenters. The number of carbonyl (C=O) groups excluding carboxylic acids is 2. The van der Waals surface area contributed by atoms with Crippen LogP contribution in [0.4, 0.5) is 5.69 Å². The maximum absolute atomic E-state index is 12.0. The molecule has 6 nitrogen and oxygen atoms in total. The lowest BCUT2D eigenvalue weighted by Gasteiger charge is -2.23. The Balaban J connectivity index is 1.98. The molecule has 1 aliphatic carbocycles.